The zero-order chi connectivity index (χ0) is 8.77. The van der Waals surface area contributed by atoms with Gasteiger partial charge in [-0.05, 0) is 25.2 Å². The van der Waals surface area contributed by atoms with Gasteiger partial charge in [0, 0.05) is 5.41 Å². The monoisotopic (exact) mass is 164 g/mol. The first kappa shape index (κ1) is 7.90. The highest BCUT2D eigenvalue weighted by molar-refractivity contribution is 5.26. The summed E-state index contributed by atoms with van der Waals surface area (Å²) in [6.45, 7) is 10.1. The van der Waals surface area contributed by atoms with Crippen LogP contribution in [0.4, 0.5) is 0 Å². The second-order valence-electron chi connectivity index (χ2n) is 4.21. The van der Waals surface area contributed by atoms with Gasteiger partial charge in [-0.1, -0.05) is 25.7 Å². The van der Waals surface area contributed by atoms with Crippen LogP contribution in [0.2, 0.25) is 0 Å². The Labute approximate surface area is 74.1 Å². The van der Waals surface area contributed by atoms with Gasteiger partial charge in [0.05, 0.1) is 6.26 Å². The average molecular weight is 164 g/mol. The van der Waals surface area contributed by atoms with Crippen LogP contribution in [0.1, 0.15) is 26.2 Å². The number of hydrogen-bond donors (Lipinski definition) is 0. The molecule has 0 amide bonds. The molecule has 2 fully saturated rings. The molecule has 0 aromatic rings. The maximum atomic E-state index is 5.51. The van der Waals surface area contributed by atoms with Gasteiger partial charge in [0.15, 0.2) is 0 Å². The first-order chi connectivity index (χ1) is 5.68. The van der Waals surface area contributed by atoms with Gasteiger partial charge in [0.25, 0.3) is 0 Å². The Morgan fingerprint density at radius 3 is 2.83 bits per heavy atom. The third kappa shape index (κ3) is 0.796. The van der Waals surface area contributed by atoms with E-state index in [2.05, 4.69) is 20.1 Å². The van der Waals surface area contributed by atoms with Gasteiger partial charge in [-0.2, -0.15) is 0 Å². The van der Waals surface area contributed by atoms with Crippen LogP contribution in [0.5, 0.6) is 0 Å². The maximum absolute atomic E-state index is 5.51. The molecule has 0 radical (unpaired) electrons. The highest BCUT2D eigenvalue weighted by atomic mass is 16.5. The van der Waals surface area contributed by atoms with Gasteiger partial charge in [0.1, 0.15) is 6.10 Å². The van der Waals surface area contributed by atoms with Crippen LogP contribution in [-0.2, 0) is 4.74 Å². The lowest BCUT2D eigenvalue weighted by atomic mass is 9.82. The van der Waals surface area contributed by atoms with E-state index in [-0.39, 0.29) is 5.41 Å². The van der Waals surface area contributed by atoms with Crippen molar-refractivity contribution in [3.05, 3.63) is 25.0 Å². The second-order valence-corrected chi connectivity index (χ2v) is 4.21. The summed E-state index contributed by atoms with van der Waals surface area (Å²) < 4.78 is 5.51. The highest BCUT2D eigenvalue weighted by Crippen LogP contribution is 2.58. The van der Waals surface area contributed by atoms with E-state index in [1.165, 1.54) is 18.4 Å². The normalized spacial score (nSPS) is 44.9. The predicted molar refractivity (Wildman–Crippen MR) is 49.7 cm³/mol. The molecule has 12 heavy (non-hydrogen) atoms. The lowest BCUT2D eigenvalue weighted by Gasteiger charge is -2.30. The van der Waals surface area contributed by atoms with Crippen molar-refractivity contribution in [2.75, 3.05) is 0 Å². The fourth-order valence-electron chi connectivity index (χ4n) is 2.74. The average Bonchev–Trinajstić information content (AvgIpc) is 2.43. The predicted octanol–water partition coefficient (Wildman–Crippen LogP) is 2.89. The Kier molecular flexibility index (Phi) is 1.57. The molecule has 1 heteroatoms. The van der Waals surface area contributed by atoms with Gasteiger partial charge in [-0.15, -0.1) is 0 Å². The number of fused-ring (bicyclic) bond motifs is 2. The lowest BCUT2D eigenvalue weighted by Crippen LogP contribution is -2.28. The molecule has 3 unspecified atom stereocenters. The van der Waals surface area contributed by atoms with Crippen molar-refractivity contribution in [3.63, 3.8) is 0 Å². The first-order valence-electron chi connectivity index (χ1n) is 4.64. The van der Waals surface area contributed by atoms with E-state index in [0.29, 0.717) is 6.10 Å². The summed E-state index contributed by atoms with van der Waals surface area (Å²) in [4.78, 5) is 0. The van der Waals surface area contributed by atoms with Gasteiger partial charge >= 0.3 is 0 Å². The topological polar surface area (TPSA) is 9.23 Å². The van der Waals surface area contributed by atoms with E-state index in [4.69, 9.17) is 4.74 Å². The van der Waals surface area contributed by atoms with E-state index in [0.717, 1.165) is 12.3 Å². The largest absolute Gasteiger partial charge is 0.498 e. The summed E-state index contributed by atoms with van der Waals surface area (Å²) in [7, 11) is 0. The molecule has 1 nitrogen and oxygen atoms in total. The van der Waals surface area contributed by atoms with Crippen molar-refractivity contribution >= 4 is 0 Å². The van der Waals surface area contributed by atoms with Gasteiger partial charge in [-0.3, -0.25) is 0 Å². The Morgan fingerprint density at radius 1 is 1.67 bits per heavy atom. The van der Waals surface area contributed by atoms with E-state index < -0.39 is 0 Å². The smallest absolute Gasteiger partial charge is 0.107 e. The van der Waals surface area contributed by atoms with Gasteiger partial charge in [-0.25, -0.2) is 0 Å². The molecule has 0 aromatic heterocycles. The SMILES string of the molecule is C=COC1CC2CCC1(C)C2=C. The number of hydrogen-bond acceptors (Lipinski definition) is 1. The van der Waals surface area contributed by atoms with Gasteiger partial charge < -0.3 is 4.74 Å². The molecule has 2 rings (SSSR count). The zero-order valence-electron chi connectivity index (χ0n) is 7.68. The van der Waals surface area contributed by atoms with Crippen LogP contribution in [0.15, 0.2) is 25.0 Å². The minimum absolute atomic E-state index is 0.249. The summed E-state index contributed by atoms with van der Waals surface area (Å²) in [6.07, 6.45) is 5.63. The van der Waals surface area contributed by atoms with Crippen molar-refractivity contribution in [2.45, 2.75) is 32.3 Å². The molecular formula is C11H16O. The molecule has 0 heterocycles. The third-order valence-corrected chi connectivity index (χ3v) is 3.71. The van der Waals surface area contributed by atoms with Crippen LogP contribution in [-0.4, -0.2) is 6.10 Å². The van der Waals surface area contributed by atoms with Crippen LogP contribution in [0.25, 0.3) is 0 Å². The Bertz CT molecular complexity index is 231. The number of rotatable bonds is 2. The molecule has 0 spiro atoms. The number of ether oxygens (including phenoxy) is 1. The molecule has 2 saturated carbocycles. The molecule has 0 N–H and O–H groups in total. The lowest BCUT2D eigenvalue weighted by molar-refractivity contribution is 0.0462. The summed E-state index contributed by atoms with van der Waals surface area (Å²) in [5.74, 6) is 0.722. The molecule has 66 valence electrons. The Morgan fingerprint density at radius 2 is 2.42 bits per heavy atom. The zero-order valence-corrected chi connectivity index (χ0v) is 7.68. The van der Waals surface area contributed by atoms with Crippen LogP contribution in [0, 0.1) is 11.3 Å². The Balaban J connectivity index is 2.22. The van der Waals surface area contributed by atoms with Crippen LogP contribution in [0.3, 0.4) is 0 Å². The first-order valence-corrected chi connectivity index (χ1v) is 4.64. The molecule has 2 aliphatic rings. The van der Waals surface area contributed by atoms with Crippen molar-refractivity contribution in [1.29, 1.82) is 0 Å². The van der Waals surface area contributed by atoms with E-state index in [1.54, 1.807) is 6.26 Å². The Hall–Kier alpha value is -0.720. The minimum Gasteiger partial charge on any atom is -0.498 e. The summed E-state index contributed by atoms with van der Waals surface area (Å²) in [5.41, 5.74) is 1.66. The maximum Gasteiger partial charge on any atom is 0.107 e. The molecule has 3 atom stereocenters. The highest BCUT2D eigenvalue weighted by Gasteiger charge is 2.52. The molecule has 0 saturated heterocycles. The van der Waals surface area contributed by atoms with E-state index in [9.17, 15) is 0 Å². The fourth-order valence-corrected chi connectivity index (χ4v) is 2.74. The van der Waals surface area contributed by atoms with Crippen molar-refractivity contribution in [3.8, 4) is 0 Å². The second kappa shape index (κ2) is 2.38. The summed E-state index contributed by atoms with van der Waals surface area (Å²) in [5, 5.41) is 0. The van der Waals surface area contributed by atoms with E-state index in [1.807, 2.05) is 0 Å². The fraction of sp³-hybridized carbons (Fsp3) is 0.636. The van der Waals surface area contributed by atoms with Crippen molar-refractivity contribution in [1.82, 2.24) is 0 Å². The van der Waals surface area contributed by atoms with Crippen molar-refractivity contribution < 1.29 is 4.74 Å². The molecule has 0 aliphatic heterocycles. The van der Waals surface area contributed by atoms with Gasteiger partial charge in [0.2, 0.25) is 0 Å². The molecular weight excluding hydrogens is 148 g/mol. The van der Waals surface area contributed by atoms with Crippen LogP contribution < -0.4 is 0 Å². The quantitative estimate of drug-likeness (QED) is 0.450. The standard InChI is InChI=1S/C11H16O/c1-4-12-10-7-9-5-6-11(10,3)8(9)2/h4,9-10H,1-2,5-7H2,3H3. The van der Waals surface area contributed by atoms with E-state index >= 15 is 0 Å². The van der Waals surface area contributed by atoms with Crippen molar-refractivity contribution in [2.24, 2.45) is 11.3 Å². The third-order valence-electron chi connectivity index (χ3n) is 3.71. The van der Waals surface area contributed by atoms with Crippen LogP contribution >= 0.6 is 0 Å². The minimum atomic E-state index is 0.249. The molecule has 2 aliphatic carbocycles. The molecule has 0 aromatic carbocycles. The molecule has 2 bridgehead atoms. The summed E-state index contributed by atoms with van der Waals surface area (Å²) in [6, 6.07) is 0. The summed E-state index contributed by atoms with van der Waals surface area (Å²) >= 11 is 0.